The Morgan fingerprint density at radius 3 is 2.53 bits per heavy atom. The van der Waals surface area contributed by atoms with Gasteiger partial charge in [-0.1, -0.05) is 18.2 Å². The molecule has 30 heavy (non-hydrogen) atoms. The van der Waals surface area contributed by atoms with Gasteiger partial charge in [0.25, 0.3) is 11.8 Å². The summed E-state index contributed by atoms with van der Waals surface area (Å²) in [5.41, 5.74) is 1.13. The van der Waals surface area contributed by atoms with Crippen LogP contribution in [0.2, 0.25) is 0 Å². The van der Waals surface area contributed by atoms with Crippen LogP contribution in [0.25, 0.3) is 0 Å². The minimum absolute atomic E-state index is 0.0000672. The zero-order chi connectivity index (χ0) is 20.8. The molecule has 0 spiro atoms. The molecule has 2 aromatic carbocycles. The number of carbonyl (C=O) groups excluding carboxylic acids is 2. The molecule has 1 heterocycles. The van der Waals surface area contributed by atoms with Gasteiger partial charge in [-0.05, 0) is 62.8 Å². The van der Waals surface area contributed by atoms with Crippen molar-refractivity contribution < 1.29 is 19.1 Å². The first-order valence-electron chi connectivity index (χ1n) is 10.8. The van der Waals surface area contributed by atoms with Crippen molar-refractivity contribution in [2.75, 3.05) is 25.0 Å². The van der Waals surface area contributed by atoms with Gasteiger partial charge in [-0.15, -0.1) is 0 Å². The number of carbonyl (C=O) groups is 2. The molecule has 0 atom stereocenters. The fraction of sp³-hybridized carbons (Fsp3) is 0.417. The van der Waals surface area contributed by atoms with Gasteiger partial charge in [0.2, 0.25) is 0 Å². The van der Waals surface area contributed by atoms with Gasteiger partial charge in [0.05, 0.1) is 11.7 Å². The van der Waals surface area contributed by atoms with Crippen molar-refractivity contribution in [3.63, 3.8) is 0 Å². The van der Waals surface area contributed by atoms with E-state index in [-0.39, 0.29) is 24.5 Å². The van der Waals surface area contributed by atoms with E-state index in [9.17, 15) is 9.59 Å². The normalized spacial score (nSPS) is 16.5. The van der Waals surface area contributed by atoms with Crippen LogP contribution >= 0.6 is 0 Å². The highest BCUT2D eigenvalue weighted by Gasteiger charge is 2.20. The molecule has 6 heteroatoms. The molecule has 1 saturated carbocycles. The van der Waals surface area contributed by atoms with E-state index >= 15 is 0 Å². The SMILES string of the molecule is O=C(Nc1cccc(OCC(=O)N2CCCC2)c1)c1ccccc1OC1CCCC1. The van der Waals surface area contributed by atoms with Crippen molar-refractivity contribution in [3.05, 3.63) is 54.1 Å². The third kappa shape index (κ3) is 5.12. The van der Waals surface area contributed by atoms with Crippen LogP contribution in [0, 0.1) is 0 Å². The summed E-state index contributed by atoms with van der Waals surface area (Å²) in [4.78, 5) is 26.9. The fourth-order valence-electron chi connectivity index (χ4n) is 4.01. The highest BCUT2D eigenvalue weighted by atomic mass is 16.5. The molecule has 6 nitrogen and oxygen atoms in total. The molecule has 1 saturated heterocycles. The average Bonchev–Trinajstić information content (AvgIpc) is 3.47. The van der Waals surface area contributed by atoms with Gasteiger partial charge >= 0.3 is 0 Å². The topological polar surface area (TPSA) is 67.9 Å². The lowest BCUT2D eigenvalue weighted by molar-refractivity contribution is -0.132. The Morgan fingerprint density at radius 2 is 1.73 bits per heavy atom. The summed E-state index contributed by atoms with van der Waals surface area (Å²) in [5.74, 6) is 0.940. The van der Waals surface area contributed by atoms with Gasteiger partial charge in [0.15, 0.2) is 6.61 Å². The fourth-order valence-corrected chi connectivity index (χ4v) is 4.01. The van der Waals surface area contributed by atoms with Crippen LogP contribution in [-0.2, 0) is 4.79 Å². The number of nitrogens with one attached hydrogen (secondary N) is 1. The quantitative estimate of drug-likeness (QED) is 0.743. The second-order valence-electron chi connectivity index (χ2n) is 7.88. The van der Waals surface area contributed by atoms with Crippen molar-refractivity contribution in [1.82, 2.24) is 4.90 Å². The maximum Gasteiger partial charge on any atom is 0.260 e. The van der Waals surface area contributed by atoms with E-state index in [0.29, 0.717) is 22.7 Å². The Morgan fingerprint density at radius 1 is 0.967 bits per heavy atom. The summed E-state index contributed by atoms with van der Waals surface area (Å²) in [6.45, 7) is 1.62. The largest absolute Gasteiger partial charge is 0.490 e. The average molecular weight is 408 g/mol. The third-order valence-electron chi connectivity index (χ3n) is 5.64. The number of amides is 2. The Hall–Kier alpha value is -3.02. The Kier molecular flexibility index (Phi) is 6.52. The molecule has 2 aliphatic rings. The summed E-state index contributed by atoms with van der Waals surface area (Å²) >= 11 is 0. The monoisotopic (exact) mass is 408 g/mol. The first-order valence-corrected chi connectivity index (χ1v) is 10.8. The molecular formula is C24H28N2O4. The summed E-state index contributed by atoms with van der Waals surface area (Å²) in [6.07, 6.45) is 6.71. The van der Waals surface area contributed by atoms with Gasteiger partial charge in [0.1, 0.15) is 11.5 Å². The molecule has 2 amide bonds. The minimum Gasteiger partial charge on any atom is -0.490 e. The van der Waals surface area contributed by atoms with Crippen LogP contribution in [-0.4, -0.2) is 42.5 Å². The molecule has 2 aromatic rings. The van der Waals surface area contributed by atoms with Crippen LogP contribution in [0.5, 0.6) is 11.5 Å². The number of nitrogens with zero attached hydrogens (tertiary/aromatic N) is 1. The molecule has 0 radical (unpaired) electrons. The van der Waals surface area contributed by atoms with Crippen molar-refractivity contribution in [3.8, 4) is 11.5 Å². The number of para-hydroxylation sites is 1. The maximum atomic E-state index is 12.9. The van der Waals surface area contributed by atoms with Gasteiger partial charge in [-0.25, -0.2) is 0 Å². The van der Waals surface area contributed by atoms with E-state index in [4.69, 9.17) is 9.47 Å². The highest BCUT2D eigenvalue weighted by molar-refractivity contribution is 6.06. The van der Waals surface area contributed by atoms with Crippen molar-refractivity contribution >= 4 is 17.5 Å². The third-order valence-corrected chi connectivity index (χ3v) is 5.64. The number of benzene rings is 2. The number of hydrogen-bond acceptors (Lipinski definition) is 4. The molecule has 0 aromatic heterocycles. The van der Waals surface area contributed by atoms with E-state index in [0.717, 1.165) is 38.8 Å². The predicted molar refractivity (Wildman–Crippen MR) is 115 cm³/mol. The molecule has 0 bridgehead atoms. The second kappa shape index (κ2) is 9.65. The summed E-state index contributed by atoms with van der Waals surface area (Å²) in [6, 6.07) is 14.4. The minimum atomic E-state index is -0.228. The standard InChI is InChI=1S/C24H28N2O4/c27-23(26-14-5-6-15-26)17-29-20-11-7-8-18(16-20)25-24(28)21-12-3-4-13-22(21)30-19-9-1-2-10-19/h3-4,7-8,11-13,16,19H,1-2,5-6,9-10,14-15,17H2,(H,25,28). The smallest absolute Gasteiger partial charge is 0.260 e. The molecule has 2 fully saturated rings. The van der Waals surface area contributed by atoms with Crippen LogP contribution < -0.4 is 14.8 Å². The zero-order valence-corrected chi connectivity index (χ0v) is 17.1. The lowest BCUT2D eigenvalue weighted by Gasteiger charge is -2.17. The van der Waals surface area contributed by atoms with Gasteiger partial charge in [-0.2, -0.15) is 0 Å². The number of likely N-dealkylation sites (tertiary alicyclic amines) is 1. The van der Waals surface area contributed by atoms with Gasteiger partial charge in [0, 0.05) is 24.8 Å². The van der Waals surface area contributed by atoms with Crippen LogP contribution in [0.3, 0.4) is 0 Å². The first-order chi connectivity index (χ1) is 14.7. The molecule has 0 unspecified atom stereocenters. The lowest BCUT2D eigenvalue weighted by Crippen LogP contribution is -2.32. The molecule has 158 valence electrons. The molecule has 4 rings (SSSR count). The number of ether oxygens (including phenoxy) is 2. The van der Waals surface area contributed by atoms with E-state index in [2.05, 4.69) is 5.32 Å². The van der Waals surface area contributed by atoms with Crippen molar-refractivity contribution in [2.45, 2.75) is 44.6 Å². The second-order valence-corrected chi connectivity index (χ2v) is 7.88. The lowest BCUT2D eigenvalue weighted by atomic mass is 10.1. The molecular weight excluding hydrogens is 380 g/mol. The predicted octanol–water partition coefficient (Wildman–Crippen LogP) is 4.26. The Labute approximate surface area is 177 Å². The van der Waals surface area contributed by atoms with E-state index in [1.54, 1.807) is 30.3 Å². The number of anilines is 1. The number of hydrogen-bond donors (Lipinski definition) is 1. The van der Waals surface area contributed by atoms with E-state index in [1.807, 2.05) is 23.1 Å². The summed E-state index contributed by atoms with van der Waals surface area (Å²) in [7, 11) is 0. The molecule has 1 aliphatic carbocycles. The van der Waals surface area contributed by atoms with Crippen molar-refractivity contribution in [1.29, 1.82) is 0 Å². The van der Waals surface area contributed by atoms with Crippen molar-refractivity contribution in [2.24, 2.45) is 0 Å². The Bertz CT molecular complexity index is 886. The summed E-state index contributed by atoms with van der Waals surface area (Å²) in [5, 5.41) is 2.91. The zero-order valence-electron chi connectivity index (χ0n) is 17.1. The molecule has 1 N–H and O–H groups in total. The Balaban J connectivity index is 1.37. The summed E-state index contributed by atoms with van der Waals surface area (Å²) < 4.78 is 11.7. The van der Waals surface area contributed by atoms with Crippen LogP contribution in [0.4, 0.5) is 5.69 Å². The van der Waals surface area contributed by atoms with Gasteiger partial charge < -0.3 is 19.7 Å². The van der Waals surface area contributed by atoms with Crippen LogP contribution in [0.1, 0.15) is 48.9 Å². The van der Waals surface area contributed by atoms with Gasteiger partial charge in [-0.3, -0.25) is 9.59 Å². The first kappa shape index (κ1) is 20.3. The number of rotatable bonds is 7. The highest BCUT2D eigenvalue weighted by Crippen LogP contribution is 2.27. The molecule has 1 aliphatic heterocycles. The van der Waals surface area contributed by atoms with E-state index in [1.165, 1.54) is 12.8 Å². The maximum absolute atomic E-state index is 12.9. The van der Waals surface area contributed by atoms with Crippen LogP contribution in [0.15, 0.2) is 48.5 Å². The van der Waals surface area contributed by atoms with E-state index < -0.39 is 0 Å².